The summed E-state index contributed by atoms with van der Waals surface area (Å²) in [5, 5.41) is 3.54. The quantitative estimate of drug-likeness (QED) is 0.868. The summed E-state index contributed by atoms with van der Waals surface area (Å²) in [5.74, 6) is 1.48. The van der Waals surface area contributed by atoms with E-state index in [0.29, 0.717) is 5.92 Å². The molecule has 0 spiro atoms. The van der Waals surface area contributed by atoms with E-state index in [4.69, 9.17) is 4.98 Å². The van der Waals surface area contributed by atoms with Gasteiger partial charge in [0.15, 0.2) is 0 Å². The van der Waals surface area contributed by atoms with Gasteiger partial charge in [0.1, 0.15) is 5.84 Å². The van der Waals surface area contributed by atoms with Gasteiger partial charge in [-0.15, -0.1) is 11.8 Å². The van der Waals surface area contributed by atoms with Gasteiger partial charge in [0.25, 0.3) is 0 Å². The number of fused-ring (bicyclic) bond motifs is 1. The van der Waals surface area contributed by atoms with Gasteiger partial charge in [-0.05, 0) is 55.0 Å². The highest BCUT2D eigenvalue weighted by Gasteiger charge is 2.35. The van der Waals surface area contributed by atoms with E-state index in [2.05, 4.69) is 53.0 Å². The molecule has 0 saturated carbocycles. The third kappa shape index (κ3) is 2.57. The second-order valence-corrected chi connectivity index (χ2v) is 6.80. The zero-order valence-corrected chi connectivity index (χ0v) is 14.2. The molecule has 4 rings (SSSR count). The molecule has 0 amide bonds. The molecule has 116 valence electrons. The first-order valence-corrected chi connectivity index (χ1v) is 9.13. The lowest BCUT2D eigenvalue weighted by Crippen LogP contribution is -2.18. The van der Waals surface area contributed by atoms with E-state index >= 15 is 0 Å². The van der Waals surface area contributed by atoms with Crippen LogP contribution in [0.2, 0.25) is 0 Å². The van der Waals surface area contributed by atoms with Crippen LogP contribution in [0.25, 0.3) is 11.3 Å². The summed E-state index contributed by atoms with van der Waals surface area (Å²) < 4.78 is 0. The molecule has 0 radical (unpaired) electrons. The number of nitrogens with one attached hydrogen (secondary N) is 1. The number of pyridine rings is 1. The van der Waals surface area contributed by atoms with E-state index < -0.39 is 0 Å². The Kier molecular flexibility index (Phi) is 3.69. The maximum absolute atomic E-state index is 4.72. The molecule has 1 aromatic carbocycles. The van der Waals surface area contributed by atoms with Crippen LogP contribution in [-0.2, 0) is 0 Å². The number of aromatic nitrogens is 1. The van der Waals surface area contributed by atoms with Crippen LogP contribution in [0.1, 0.15) is 23.4 Å². The van der Waals surface area contributed by atoms with E-state index in [0.717, 1.165) is 35.9 Å². The molecule has 0 bridgehead atoms. The number of hydrogen-bond donors (Lipinski definition) is 1. The van der Waals surface area contributed by atoms with Crippen LogP contribution in [0.3, 0.4) is 0 Å². The summed E-state index contributed by atoms with van der Waals surface area (Å²) in [6.07, 6.45) is 3.20. The molecule has 0 saturated heterocycles. The normalized spacial score (nSPS) is 19.6. The highest BCUT2D eigenvalue weighted by atomic mass is 32.2. The van der Waals surface area contributed by atoms with Gasteiger partial charge >= 0.3 is 0 Å². The number of hydrogen-bond acceptors (Lipinski definition) is 4. The molecule has 23 heavy (non-hydrogen) atoms. The predicted molar refractivity (Wildman–Crippen MR) is 97.6 cm³/mol. The lowest BCUT2D eigenvalue weighted by atomic mass is 9.91. The van der Waals surface area contributed by atoms with Crippen LogP contribution >= 0.6 is 11.8 Å². The maximum atomic E-state index is 4.72. The van der Waals surface area contributed by atoms with Crippen molar-refractivity contribution in [3.8, 4) is 0 Å². The second kappa shape index (κ2) is 5.85. The molecular weight excluding hydrogens is 302 g/mol. The van der Waals surface area contributed by atoms with Gasteiger partial charge in [0, 0.05) is 23.1 Å². The topological polar surface area (TPSA) is 37.3 Å². The minimum absolute atomic E-state index is 0.379. The van der Waals surface area contributed by atoms with Crippen molar-refractivity contribution in [1.29, 1.82) is 0 Å². The Morgan fingerprint density at radius 3 is 2.87 bits per heavy atom. The average Bonchev–Trinajstić information content (AvgIpc) is 3.15. The number of aryl methyl sites for hydroxylation is 1. The fourth-order valence-corrected chi connectivity index (χ4v) is 3.82. The number of thioether (sulfide) groups is 1. The highest BCUT2D eigenvalue weighted by Crippen LogP contribution is 2.40. The monoisotopic (exact) mass is 321 g/mol. The van der Waals surface area contributed by atoms with E-state index in [-0.39, 0.29) is 0 Å². The first-order chi connectivity index (χ1) is 11.3. The second-order valence-electron chi connectivity index (χ2n) is 5.92. The first-order valence-electron chi connectivity index (χ1n) is 7.90. The molecule has 1 atom stereocenters. The molecule has 1 N–H and O–H groups in total. The molecule has 0 fully saturated rings. The van der Waals surface area contributed by atoms with E-state index in [1.807, 2.05) is 13.0 Å². The molecular formula is C19H19N3S. The molecule has 2 aromatic rings. The fraction of sp³-hybridized carbons (Fsp3) is 0.263. The van der Waals surface area contributed by atoms with Crippen molar-refractivity contribution in [2.24, 2.45) is 10.9 Å². The molecule has 2 aliphatic rings. The summed E-state index contributed by atoms with van der Waals surface area (Å²) >= 11 is 1.78. The Morgan fingerprint density at radius 1 is 1.17 bits per heavy atom. The Balaban J connectivity index is 1.88. The largest absolute Gasteiger partial charge is 0.342 e. The number of rotatable bonds is 3. The van der Waals surface area contributed by atoms with Crippen molar-refractivity contribution in [3.63, 3.8) is 0 Å². The molecule has 0 aliphatic carbocycles. The van der Waals surface area contributed by atoms with Gasteiger partial charge in [-0.25, -0.2) is 0 Å². The zero-order chi connectivity index (χ0) is 15.8. The number of nitrogens with zero attached hydrogens (tertiary/aromatic N) is 2. The zero-order valence-electron chi connectivity index (χ0n) is 13.3. The fourth-order valence-electron chi connectivity index (χ4n) is 3.36. The summed E-state index contributed by atoms with van der Waals surface area (Å²) in [6, 6.07) is 15.0. The van der Waals surface area contributed by atoms with Crippen molar-refractivity contribution in [3.05, 3.63) is 59.4 Å². The summed E-state index contributed by atoms with van der Waals surface area (Å²) in [5.41, 5.74) is 5.78. The van der Waals surface area contributed by atoms with Crippen LogP contribution < -0.4 is 5.32 Å². The van der Waals surface area contributed by atoms with E-state index in [9.17, 15) is 0 Å². The average molecular weight is 321 g/mol. The maximum Gasteiger partial charge on any atom is 0.108 e. The molecule has 4 heteroatoms. The van der Waals surface area contributed by atoms with Crippen molar-refractivity contribution in [2.45, 2.75) is 18.2 Å². The third-order valence-corrected chi connectivity index (χ3v) is 5.15. The molecule has 2 aliphatic heterocycles. The summed E-state index contributed by atoms with van der Waals surface area (Å²) in [7, 11) is 0. The van der Waals surface area contributed by atoms with Crippen LogP contribution in [0.15, 0.2) is 52.4 Å². The molecule has 3 heterocycles. The highest BCUT2D eigenvalue weighted by molar-refractivity contribution is 7.98. The molecule has 1 aromatic heterocycles. The van der Waals surface area contributed by atoms with Gasteiger partial charge in [-0.3, -0.25) is 9.98 Å². The SMILES string of the molecule is CSc1cccc(C2=C(c3cccc(C)n3)NC3=NCCC32)c1. The Labute approximate surface area is 140 Å². The number of benzene rings is 1. The lowest BCUT2D eigenvalue weighted by molar-refractivity contribution is 0.838. The van der Waals surface area contributed by atoms with Crippen molar-refractivity contribution in [1.82, 2.24) is 10.3 Å². The predicted octanol–water partition coefficient (Wildman–Crippen LogP) is 4.00. The van der Waals surface area contributed by atoms with Gasteiger partial charge in [-0.1, -0.05) is 18.2 Å². The van der Waals surface area contributed by atoms with E-state index in [1.54, 1.807) is 11.8 Å². The Bertz CT molecular complexity index is 823. The van der Waals surface area contributed by atoms with Gasteiger partial charge in [0.2, 0.25) is 0 Å². The van der Waals surface area contributed by atoms with Crippen molar-refractivity contribution >= 4 is 28.9 Å². The van der Waals surface area contributed by atoms with Gasteiger partial charge in [0.05, 0.1) is 11.4 Å². The summed E-state index contributed by atoms with van der Waals surface area (Å²) in [6.45, 7) is 2.94. The molecule has 1 unspecified atom stereocenters. The third-order valence-electron chi connectivity index (χ3n) is 4.43. The lowest BCUT2D eigenvalue weighted by Gasteiger charge is -2.12. The van der Waals surface area contributed by atoms with Gasteiger partial charge < -0.3 is 5.32 Å². The smallest absolute Gasteiger partial charge is 0.108 e. The standard InChI is InChI=1S/C19H19N3S/c1-12-5-3-8-16(21-12)18-17(15-9-10-20-19(15)22-18)13-6-4-7-14(11-13)23-2/h3-8,11,15H,9-10H2,1-2H3,(H,20,22). The van der Waals surface area contributed by atoms with Crippen LogP contribution in [0, 0.1) is 12.8 Å². The first kappa shape index (κ1) is 14.5. The van der Waals surface area contributed by atoms with Crippen molar-refractivity contribution in [2.75, 3.05) is 12.8 Å². The van der Waals surface area contributed by atoms with Crippen molar-refractivity contribution < 1.29 is 0 Å². The van der Waals surface area contributed by atoms with Crippen LogP contribution in [0.4, 0.5) is 0 Å². The Morgan fingerprint density at radius 2 is 2.04 bits per heavy atom. The minimum Gasteiger partial charge on any atom is -0.342 e. The molecule has 3 nitrogen and oxygen atoms in total. The van der Waals surface area contributed by atoms with Crippen LogP contribution in [0.5, 0.6) is 0 Å². The van der Waals surface area contributed by atoms with Crippen LogP contribution in [-0.4, -0.2) is 23.6 Å². The number of aliphatic imine (C=N–C) groups is 1. The van der Waals surface area contributed by atoms with E-state index in [1.165, 1.54) is 16.0 Å². The summed E-state index contributed by atoms with van der Waals surface area (Å²) in [4.78, 5) is 10.7. The minimum atomic E-state index is 0.379. The van der Waals surface area contributed by atoms with Gasteiger partial charge in [-0.2, -0.15) is 0 Å². The Hall–Kier alpha value is -2.07. The number of amidine groups is 1.